The standard InChI is InChI=1S/C26H24N2O3.C25H29N3O2.C25H24N2O2.C19H18ClN3O.C17H15ClN2O/c1-30-26(29)28-15-14-21-22-16-20(31-17-18-8-4-2-5-9-18)12-13-23(22)27-24(21)25(28)19-10-6-3-7-11-19;1-30-19-13-11-17(12-14-19)24-23-21(20-9-5-6-10-22(20)27-23)15-16-28(24)25(29)26-18-7-3-2-4-8-18;1-28-19-9-7-18(8-10-19)24-25-21(13-14-26-24)22-15-20(11-12-23(22)27-25)29-16-17-5-3-2-4-6-17;1-11(24)22-14-5-2-12(3-6-14)18-19-15(8-9-21-18)16-10-13(20)4-7-17(16)23-19;18-11-4-5-15-14(9-11)13-6-7-19-16(17(13)20-15)10-2-1-3-12(21)8-10/h2-13,16,25,27H,14-15,17H2,1H3;5-6,9-14,18,24,27H,2-4,7-8,15-16H2,1H3,(H,26,29);2-12,15,24,26-27H,13-14,16H2,1H3;2-7,10,18,21,23H,8-9H2,1H3,(H,22,24);1-5,8-9,16,19-21H,6-7H2. The molecule has 11 N–H and O–H groups in total. The lowest BCUT2D eigenvalue weighted by molar-refractivity contribution is -0.114. The van der Waals surface area contributed by atoms with E-state index in [1.54, 1.807) is 25.2 Å². The molecular weight excluding hydrogens is 1730 g/mol. The van der Waals surface area contributed by atoms with Crippen LogP contribution in [0.2, 0.25) is 10.0 Å². The molecule has 0 spiro atoms. The van der Waals surface area contributed by atoms with Crippen LogP contribution in [0.25, 0.3) is 54.5 Å². The fraction of sp³-hybridized carbons (Fsp3) is 0.241. The van der Waals surface area contributed by atoms with Crippen LogP contribution < -0.4 is 45.5 Å². The molecule has 1 aliphatic carbocycles. The van der Waals surface area contributed by atoms with Gasteiger partial charge in [0.05, 0.1) is 45.5 Å². The minimum atomic E-state index is -0.315. The summed E-state index contributed by atoms with van der Waals surface area (Å²) in [5.74, 6) is 3.67. The number of hydrogen-bond acceptors (Lipinski definition) is 12. The number of nitrogens with one attached hydrogen (secondary N) is 10. The minimum Gasteiger partial charge on any atom is -0.508 e. The maximum atomic E-state index is 13.4. The van der Waals surface area contributed by atoms with Gasteiger partial charge in [0.15, 0.2) is 0 Å². The number of halogens is 2. The summed E-state index contributed by atoms with van der Waals surface area (Å²) >= 11 is 12.3. The van der Waals surface area contributed by atoms with Crippen LogP contribution in [-0.2, 0) is 54.8 Å². The SMILES string of the molecule is CC(=O)Nc1ccc(C2NCCc3c2[nH]c2ccc(Cl)cc32)cc1.COC(=O)N1CCc2c([nH]c3ccc(OCc4ccccc4)cc23)C1c1ccccc1.COc1ccc(C2NCCc3c2[nH]c2ccc(OCc4ccccc4)cc32)cc1.COc1ccc(C2c3[nH]c4ccccc4c3CCN2C(=O)NC2CCCCC2)cc1.Oc1cccc(C2NCCc3c2[nH]c2ccc(Cl)cc32)c1. The number of phenolic OH excluding ortho intramolecular Hbond substituents is 1. The Bertz CT molecular complexity index is 7030. The maximum Gasteiger partial charge on any atom is 0.410 e. The van der Waals surface area contributed by atoms with Crippen molar-refractivity contribution < 1.29 is 43.2 Å². The summed E-state index contributed by atoms with van der Waals surface area (Å²) in [6, 6.07) is 95.5. The summed E-state index contributed by atoms with van der Waals surface area (Å²) in [5.41, 5.74) is 26.7. The number of fused-ring (bicyclic) bond motifs is 15. The minimum absolute atomic E-state index is 0.0482. The molecule has 6 aliphatic rings. The molecule has 0 saturated heterocycles. The summed E-state index contributed by atoms with van der Waals surface area (Å²) in [6.07, 6.45) is 10.1. The zero-order chi connectivity index (χ0) is 92.4. The molecule has 23 heteroatoms. The summed E-state index contributed by atoms with van der Waals surface area (Å²) in [7, 11) is 4.80. The smallest absolute Gasteiger partial charge is 0.410 e. The van der Waals surface area contributed by atoms with Crippen LogP contribution in [0.1, 0.15) is 164 Å². The van der Waals surface area contributed by atoms with Crippen LogP contribution in [0.4, 0.5) is 15.3 Å². The van der Waals surface area contributed by atoms with Crippen LogP contribution >= 0.6 is 23.2 Å². The van der Waals surface area contributed by atoms with E-state index < -0.39 is 0 Å². The predicted molar refractivity (Wildman–Crippen MR) is 537 cm³/mol. The first-order chi connectivity index (χ1) is 66.1. The van der Waals surface area contributed by atoms with E-state index in [1.165, 1.54) is 116 Å². The van der Waals surface area contributed by atoms with Gasteiger partial charge in [0.1, 0.15) is 48.0 Å². The highest BCUT2D eigenvalue weighted by atomic mass is 35.5. The number of aromatic hydroxyl groups is 1. The summed E-state index contributed by atoms with van der Waals surface area (Å²) in [6.45, 7) is 6.71. The van der Waals surface area contributed by atoms with Crippen LogP contribution in [0.15, 0.2) is 285 Å². The molecule has 23 rings (SSSR count). The van der Waals surface area contributed by atoms with E-state index in [0.29, 0.717) is 38.1 Å². The van der Waals surface area contributed by atoms with E-state index in [2.05, 4.69) is 173 Å². The molecule has 0 bridgehead atoms. The molecule has 5 aromatic heterocycles. The highest BCUT2D eigenvalue weighted by Crippen LogP contribution is 2.45. The fourth-order valence-corrected chi connectivity index (χ4v) is 20.6. The molecule has 5 unspecified atom stereocenters. The Hall–Kier alpha value is -14.2. The van der Waals surface area contributed by atoms with Crippen molar-refractivity contribution in [3.63, 3.8) is 0 Å². The van der Waals surface area contributed by atoms with Crippen LogP contribution in [0, 0.1) is 0 Å². The van der Waals surface area contributed by atoms with Gasteiger partial charge in [0, 0.05) is 144 Å². The number of aromatic amines is 5. The van der Waals surface area contributed by atoms with Crippen molar-refractivity contribution in [1.29, 1.82) is 0 Å². The maximum absolute atomic E-state index is 13.4. The number of aromatic nitrogens is 5. The van der Waals surface area contributed by atoms with Crippen molar-refractivity contribution in [3.8, 4) is 28.7 Å². The topological polar surface area (TPSA) is 263 Å². The Labute approximate surface area is 794 Å². The van der Waals surface area contributed by atoms with Gasteiger partial charge in [-0.2, -0.15) is 0 Å². The number of amides is 4. The third kappa shape index (κ3) is 19.9. The number of carbonyl (C=O) groups excluding carboxylic acids is 3. The number of H-pyrrole nitrogens is 5. The lowest BCUT2D eigenvalue weighted by Crippen LogP contribution is -2.49. The number of anilines is 1. The molecule has 21 nitrogen and oxygen atoms in total. The van der Waals surface area contributed by atoms with Gasteiger partial charge in [0.2, 0.25) is 5.91 Å². The molecule has 17 aromatic rings. The van der Waals surface area contributed by atoms with Crippen molar-refractivity contribution in [1.82, 2.24) is 56.0 Å². The molecule has 1 fully saturated rings. The number of benzene rings is 12. The van der Waals surface area contributed by atoms with Crippen LogP contribution in [-0.4, -0.2) is 118 Å². The van der Waals surface area contributed by atoms with Crippen LogP contribution in [0.3, 0.4) is 0 Å². The molecule has 12 aromatic carbocycles. The van der Waals surface area contributed by atoms with E-state index in [4.69, 9.17) is 46.9 Å². The number of para-hydroxylation sites is 1. The van der Waals surface area contributed by atoms with Crippen molar-refractivity contribution in [2.75, 3.05) is 59.4 Å². The third-order valence-electron chi connectivity index (χ3n) is 26.7. The first-order valence-corrected chi connectivity index (χ1v) is 47.3. The lowest BCUT2D eigenvalue weighted by atomic mass is 9.92. The quantitative estimate of drug-likeness (QED) is 0.0458. The second-order valence-electron chi connectivity index (χ2n) is 35.2. The van der Waals surface area contributed by atoms with Crippen molar-refractivity contribution in [2.45, 2.75) is 121 Å². The Morgan fingerprint density at radius 1 is 0.385 bits per heavy atom. The van der Waals surface area contributed by atoms with Crippen molar-refractivity contribution in [2.24, 2.45) is 0 Å². The van der Waals surface area contributed by atoms with Crippen LogP contribution in [0.5, 0.6) is 28.7 Å². The first kappa shape index (κ1) is 90.0. The number of methoxy groups -OCH3 is 3. The molecule has 1 saturated carbocycles. The van der Waals surface area contributed by atoms with E-state index in [-0.39, 0.29) is 48.2 Å². The average molecular weight is 1840 g/mol. The fourth-order valence-electron chi connectivity index (χ4n) is 20.2. The summed E-state index contributed by atoms with van der Waals surface area (Å²) < 4.78 is 27.8. The zero-order valence-corrected chi connectivity index (χ0v) is 77.5. The Morgan fingerprint density at radius 3 is 1.28 bits per heavy atom. The van der Waals surface area contributed by atoms with Gasteiger partial charge in [0.25, 0.3) is 0 Å². The van der Waals surface area contributed by atoms with Gasteiger partial charge in [-0.1, -0.05) is 200 Å². The van der Waals surface area contributed by atoms with E-state index in [0.717, 1.165) is 170 Å². The van der Waals surface area contributed by atoms with E-state index >= 15 is 0 Å². The summed E-state index contributed by atoms with van der Waals surface area (Å²) in [5, 5.41) is 34.2. The van der Waals surface area contributed by atoms with Gasteiger partial charge in [-0.3, -0.25) is 9.69 Å². The third-order valence-corrected chi connectivity index (χ3v) is 27.2. The number of hydrogen-bond donors (Lipinski definition) is 11. The molecule has 0 radical (unpaired) electrons. The van der Waals surface area contributed by atoms with Crippen molar-refractivity contribution in [3.05, 3.63) is 390 Å². The number of ether oxygens (including phenoxy) is 5. The molecular formula is C112H110Cl2N12O9. The second kappa shape index (κ2) is 41.1. The van der Waals surface area contributed by atoms with Gasteiger partial charge in [-0.15, -0.1) is 0 Å². The molecule has 135 heavy (non-hydrogen) atoms. The molecule has 10 heterocycles. The van der Waals surface area contributed by atoms with Gasteiger partial charge < -0.3 is 85.2 Å². The Balaban J connectivity index is 0.000000109. The van der Waals surface area contributed by atoms with Gasteiger partial charge in [-0.25, -0.2) is 9.59 Å². The van der Waals surface area contributed by atoms with Gasteiger partial charge in [-0.05, 0) is 239 Å². The lowest BCUT2D eigenvalue weighted by Gasteiger charge is -2.37. The summed E-state index contributed by atoms with van der Waals surface area (Å²) in [4.78, 5) is 58.7. The average Bonchev–Trinajstić information content (AvgIpc) is 1.55. The Morgan fingerprint density at radius 2 is 0.785 bits per heavy atom. The van der Waals surface area contributed by atoms with Gasteiger partial charge >= 0.3 is 12.1 Å². The molecule has 686 valence electrons. The van der Waals surface area contributed by atoms with E-state index in [1.807, 2.05) is 163 Å². The number of rotatable bonds is 15. The number of urea groups is 1. The molecule has 5 aliphatic heterocycles. The highest BCUT2D eigenvalue weighted by molar-refractivity contribution is 6.31. The predicted octanol–water partition coefficient (Wildman–Crippen LogP) is 23.4. The Kier molecular flexibility index (Phi) is 27.4. The van der Waals surface area contributed by atoms with Crippen molar-refractivity contribution >= 4 is 101 Å². The second-order valence-corrected chi connectivity index (χ2v) is 36.1. The normalized spacial score (nSPS) is 17.1. The number of carbonyl (C=O) groups is 3. The number of nitrogens with zero attached hydrogens (tertiary/aromatic N) is 2. The number of phenols is 1. The monoisotopic (exact) mass is 1840 g/mol. The zero-order valence-electron chi connectivity index (χ0n) is 76.0. The molecule has 5 atom stereocenters. The largest absolute Gasteiger partial charge is 0.508 e. The first-order valence-electron chi connectivity index (χ1n) is 46.6. The molecule has 4 amide bonds. The highest BCUT2D eigenvalue weighted by Gasteiger charge is 2.38. The van der Waals surface area contributed by atoms with E-state index in [9.17, 15) is 19.5 Å².